The highest BCUT2D eigenvalue weighted by molar-refractivity contribution is 4.94. The van der Waals surface area contributed by atoms with E-state index in [0.29, 0.717) is 12.5 Å². The van der Waals surface area contributed by atoms with E-state index in [4.69, 9.17) is 11.5 Å². The topological polar surface area (TPSA) is 32.3 Å². The molecule has 0 saturated heterocycles. The van der Waals surface area contributed by atoms with Gasteiger partial charge >= 0.3 is 0 Å². The van der Waals surface area contributed by atoms with Crippen LogP contribution >= 0.6 is 0 Å². The van der Waals surface area contributed by atoms with Crippen LogP contribution in [0.5, 0.6) is 0 Å². The maximum absolute atomic E-state index is 8.87. The average molecular weight is 141 g/mol. The van der Waals surface area contributed by atoms with Crippen LogP contribution in [0.3, 0.4) is 0 Å². The Morgan fingerprint density at radius 3 is 2.50 bits per heavy atom. The van der Waals surface area contributed by atoms with Gasteiger partial charge in [0.05, 0.1) is 0 Å². The van der Waals surface area contributed by atoms with Gasteiger partial charge in [0, 0.05) is 6.54 Å². The second-order valence-corrected chi connectivity index (χ2v) is 2.73. The minimum absolute atomic E-state index is 0.495. The molecule has 0 aliphatic rings. The minimum Gasteiger partial charge on any atom is -0.379 e. The summed E-state index contributed by atoms with van der Waals surface area (Å²) in [5, 5.41) is 11.9. The molecule has 2 heteroatoms. The molecular weight excluding hydrogens is 126 g/mol. The van der Waals surface area contributed by atoms with Crippen LogP contribution in [-0.2, 0) is 0 Å². The van der Waals surface area contributed by atoms with Gasteiger partial charge in [0.2, 0.25) is 0 Å². The second kappa shape index (κ2) is 5.28. The number of nitrogens with one attached hydrogen (secondary N) is 1. The molecule has 0 radical (unpaired) electrons. The van der Waals surface area contributed by atoms with Gasteiger partial charge < -0.3 is 10.4 Å². The first-order valence-corrected chi connectivity index (χ1v) is 3.51. The molecule has 0 saturated carbocycles. The van der Waals surface area contributed by atoms with Crippen molar-refractivity contribution in [3.63, 3.8) is 0 Å². The predicted molar refractivity (Wildman–Crippen MR) is 42.5 cm³/mol. The highest BCUT2D eigenvalue weighted by Crippen LogP contribution is 1.86. The Kier molecular flexibility index (Phi) is 5.00. The molecule has 0 aromatic rings. The molecule has 1 atom stereocenters. The van der Waals surface area contributed by atoms with Crippen LogP contribution in [0.15, 0.2) is 0 Å². The Balaban J connectivity index is 3.13. The average Bonchev–Trinajstić information content (AvgIpc) is 1.87. The van der Waals surface area contributed by atoms with Crippen LogP contribution in [0.2, 0.25) is 0 Å². The van der Waals surface area contributed by atoms with Crippen LogP contribution in [0.4, 0.5) is 0 Å². The third kappa shape index (κ3) is 5.61. The van der Waals surface area contributed by atoms with Crippen molar-refractivity contribution in [2.45, 2.75) is 20.0 Å². The third-order valence-electron chi connectivity index (χ3n) is 1.08. The van der Waals surface area contributed by atoms with Crippen molar-refractivity contribution >= 4 is 0 Å². The largest absolute Gasteiger partial charge is 0.379 e. The van der Waals surface area contributed by atoms with Crippen LogP contribution in [0.1, 0.15) is 13.8 Å². The standard InChI is InChI=1S/C8H15NO/c1-4-8(10)6-9-5-7(2)3/h1,7-10H,5-6H2,2-3H3. The summed E-state index contributed by atoms with van der Waals surface area (Å²) in [4.78, 5) is 0. The van der Waals surface area contributed by atoms with E-state index in [1.54, 1.807) is 0 Å². The Bertz CT molecular complexity index is 115. The SMILES string of the molecule is C#CC(O)CNCC(C)C. The fourth-order valence-electron chi connectivity index (χ4n) is 0.568. The van der Waals surface area contributed by atoms with Crippen LogP contribution in [0.25, 0.3) is 0 Å². The lowest BCUT2D eigenvalue weighted by molar-refractivity contribution is 0.226. The van der Waals surface area contributed by atoms with Gasteiger partial charge in [0.1, 0.15) is 6.10 Å². The number of hydrogen-bond donors (Lipinski definition) is 2. The van der Waals surface area contributed by atoms with E-state index >= 15 is 0 Å². The molecule has 58 valence electrons. The van der Waals surface area contributed by atoms with E-state index in [2.05, 4.69) is 25.1 Å². The van der Waals surface area contributed by atoms with E-state index in [-0.39, 0.29) is 0 Å². The summed E-state index contributed by atoms with van der Waals surface area (Å²) in [7, 11) is 0. The van der Waals surface area contributed by atoms with E-state index in [0.717, 1.165) is 6.54 Å². The first kappa shape index (κ1) is 9.48. The Labute approximate surface area is 62.6 Å². The molecule has 0 rings (SSSR count). The van der Waals surface area contributed by atoms with Crippen LogP contribution < -0.4 is 5.32 Å². The normalized spacial score (nSPS) is 13.1. The molecule has 2 N–H and O–H groups in total. The summed E-state index contributed by atoms with van der Waals surface area (Å²) < 4.78 is 0. The van der Waals surface area contributed by atoms with Crippen molar-refractivity contribution in [3.8, 4) is 12.3 Å². The molecule has 2 nitrogen and oxygen atoms in total. The molecule has 0 aliphatic heterocycles. The Morgan fingerprint density at radius 1 is 1.50 bits per heavy atom. The zero-order valence-electron chi connectivity index (χ0n) is 6.59. The van der Waals surface area contributed by atoms with Gasteiger partial charge in [0.25, 0.3) is 0 Å². The zero-order valence-corrected chi connectivity index (χ0v) is 6.59. The molecule has 0 aromatic carbocycles. The molecule has 0 fully saturated rings. The third-order valence-corrected chi connectivity index (χ3v) is 1.08. The Hall–Kier alpha value is -0.520. The number of terminal acetylenes is 1. The maximum Gasteiger partial charge on any atom is 0.126 e. The van der Waals surface area contributed by atoms with E-state index in [1.165, 1.54) is 0 Å². The van der Waals surface area contributed by atoms with Gasteiger partial charge in [-0.15, -0.1) is 6.42 Å². The smallest absolute Gasteiger partial charge is 0.126 e. The van der Waals surface area contributed by atoms with Gasteiger partial charge in [-0.25, -0.2) is 0 Å². The van der Waals surface area contributed by atoms with Gasteiger partial charge in [-0.3, -0.25) is 0 Å². The lowest BCUT2D eigenvalue weighted by Crippen LogP contribution is -2.28. The summed E-state index contributed by atoms with van der Waals surface area (Å²) in [5.74, 6) is 2.83. The number of rotatable bonds is 4. The number of aliphatic hydroxyl groups excluding tert-OH is 1. The molecule has 1 unspecified atom stereocenters. The molecular formula is C8H15NO. The summed E-state index contributed by atoms with van der Waals surface area (Å²) in [6.07, 6.45) is 4.31. The van der Waals surface area contributed by atoms with E-state index in [1.807, 2.05) is 0 Å². The predicted octanol–water partition coefficient (Wildman–Crippen LogP) is 0.226. The van der Waals surface area contributed by atoms with Gasteiger partial charge in [-0.1, -0.05) is 19.8 Å². The first-order chi connectivity index (χ1) is 4.66. The number of hydrogen-bond acceptors (Lipinski definition) is 2. The summed E-state index contributed by atoms with van der Waals surface area (Å²) in [6.45, 7) is 5.61. The fraction of sp³-hybridized carbons (Fsp3) is 0.750. The maximum atomic E-state index is 8.87. The van der Waals surface area contributed by atoms with E-state index < -0.39 is 6.10 Å². The molecule has 0 heterocycles. The summed E-state index contributed by atoms with van der Waals surface area (Å²) >= 11 is 0. The molecule has 0 aromatic heterocycles. The molecule has 0 spiro atoms. The summed E-state index contributed by atoms with van der Waals surface area (Å²) in [5.41, 5.74) is 0. The van der Waals surface area contributed by atoms with Crippen molar-refractivity contribution in [2.75, 3.05) is 13.1 Å². The van der Waals surface area contributed by atoms with Crippen molar-refractivity contribution in [3.05, 3.63) is 0 Å². The summed E-state index contributed by atoms with van der Waals surface area (Å²) in [6, 6.07) is 0. The van der Waals surface area contributed by atoms with E-state index in [9.17, 15) is 0 Å². The first-order valence-electron chi connectivity index (χ1n) is 3.51. The quantitative estimate of drug-likeness (QED) is 0.549. The van der Waals surface area contributed by atoms with Gasteiger partial charge in [-0.2, -0.15) is 0 Å². The molecule has 10 heavy (non-hydrogen) atoms. The van der Waals surface area contributed by atoms with Crippen LogP contribution in [-0.4, -0.2) is 24.3 Å². The second-order valence-electron chi connectivity index (χ2n) is 2.73. The van der Waals surface area contributed by atoms with Crippen molar-refractivity contribution in [1.82, 2.24) is 5.32 Å². The highest BCUT2D eigenvalue weighted by Gasteiger charge is 1.97. The van der Waals surface area contributed by atoms with Crippen LogP contribution in [0, 0.1) is 18.3 Å². The Morgan fingerprint density at radius 2 is 2.10 bits per heavy atom. The molecule has 0 aliphatic carbocycles. The molecule has 0 bridgehead atoms. The lowest BCUT2D eigenvalue weighted by Gasteiger charge is -2.07. The fourth-order valence-corrected chi connectivity index (χ4v) is 0.568. The minimum atomic E-state index is -0.640. The van der Waals surface area contributed by atoms with Crippen molar-refractivity contribution < 1.29 is 5.11 Å². The van der Waals surface area contributed by atoms with Gasteiger partial charge in [-0.05, 0) is 12.5 Å². The highest BCUT2D eigenvalue weighted by atomic mass is 16.3. The van der Waals surface area contributed by atoms with Crippen molar-refractivity contribution in [2.24, 2.45) is 5.92 Å². The number of aliphatic hydroxyl groups is 1. The monoisotopic (exact) mass is 141 g/mol. The molecule has 0 amide bonds. The zero-order chi connectivity index (χ0) is 7.98. The lowest BCUT2D eigenvalue weighted by atomic mass is 10.2. The van der Waals surface area contributed by atoms with Gasteiger partial charge in [0.15, 0.2) is 0 Å². The van der Waals surface area contributed by atoms with Crippen molar-refractivity contribution in [1.29, 1.82) is 0 Å².